The molecule has 8 nitrogen and oxygen atoms in total. The van der Waals surface area contributed by atoms with E-state index in [1.54, 1.807) is 29.8 Å². The maximum absolute atomic E-state index is 13.2. The second-order valence-electron chi connectivity index (χ2n) is 7.59. The second-order valence-corrected chi connectivity index (χ2v) is 8.43. The highest BCUT2D eigenvalue weighted by molar-refractivity contribution is 6.35. The van der Waals surface area contributed by atoms with Crippen LogP contribution < -0.4 is 15.7 Å². The molecule has 1 amide bonds. The predicted octanol–water partition coefficient (Wildman–Crippen LogP) is 4.27. The van der Waals surface area contributed by atoms with Crippen molar-refractivity contribution in [2.24, 2.45) is 5.10 Å². The quantitative estimate of drug-likeness (QED) is 0.318. The van der Waals surface area contributed by atoms with Crippen molar-refractivity contribution in [1.82, 2.24) is 19.8 Å². The molecule has 0 aliphatic rings. The van der Waals surface area contributed by atoms with E-state index < -0.39 is 5.91 Å². The van der Waals surface area contributed by atoms with Gasteiger partial charge in [0.1, 0.15) is 11.6 Å². The van der Waals surface area contributed by atoms with Gasteiger partial charge in [-0.05, 0) is 57.2 Å². The van der Waals surface area contributed by atoms with Crippen molar-refractivity contribution >= 4 is 46.2 Å². The summed E-state index contributed by atoms with van der Waals surface area (Å²) in [5.74, 6) is 0.445. The third-order valence-corrected chi connectivity index (χ3v) is 5.73. The standard InChI is InChI=1S/C24H21Cl2N5O3/c1-14-10-17(12-27-29-23(32)13-34-22-9-8-18(25)11-20(22)26)15(2)30(14)31-16(3)28-21-7-5-4-6-19(21)24(31)33/h4-12H,13H2,1-3H3,(H,29,32). The molecule has 10 heteroatoms. The minimum atomic E-state index is -0.457. The molecule has 34 heavy (non-hydrogen) atoms. The highest BCUT2D eigenvalue weighted by Gasteiger charge is 2.15. The number of nitrogens with one attached hydrogen (secondary N) is 1. The Morgan fingerprint density at radius 3 is 2.65 bits per heavy atom. The lowest BCUT2D eigenvalue weighted by molar-refractivity contribution is -0.123. The smallest absolute Gasteiger partial charge is 0.280 e. The number of hydrogen-bond acceptors (Lipinski definition) is 5. The van der Waals surface area contributed by atoms with Crippen LogP contribution in [0.2, 0.25) is 10.0 Å². The van der Waals surface area contributed by atoms with Crippen LogP contribution >= 0.6 is 23.2 Å². The number of benzene rings is 2. The number of amides is 1. The van der Waals surface area contributed by atoms with E-state index in [4.69, 9.17) is 27.9 Å². The summed E-state index contributed by atoms with van der Waals surface area (Å²) in [5, 5.41) is 5.33. The molecule has 0 saturated heterocycles. The zero-order chi connectivity index (χ0) is 24.4. The zero-order valence-electron chi connectivity index (χ0n) is 18.7. The van der Waals surface area contributed by atoms with Crippen molar-refractivity contribution in [3.63, 3.8) is 0 Å². The van der Waals surface area contributed by atoms with Gasteiger partial charge in [0, 0.05) is 22.0 Å². The van der Waals surface area contributed by atoms with Gasteiger partial charge in [-0.15, -0.1) is 0 Å². The second kappa shape index (κ2) is 9.70. The van der Waals surface area contributed by atoms with Gasteiger partial charge in [-0.1, -0.05) is 35.3 Å². The molecule has 174 valence electrons. The molecule has 2 heterocycles. The Bertz CT molecular complexity index is 1490. The number of aryl methyl sites for hydroxylation is 2. The molecular weight excluding hydrogens is 477 g/mol. The summed E-state index contributed by atoms with van der Waals surface area (Å²) in [7, 11) is 0. The molecule has 2 aromatic carbocycles. The van der Waals surface area contributed by atoms with Gasteiger partial charge in [0.05, 0.1) is 22.1 Å². The Kier molecular flexibility index (Phi) is 6.72. The first-order chi connectivity index (χ1) is 16.3. The average Bonchev–Trinajstić information content (AvgIpc) is 3.06. The molecule has 0 aliphatic carbocycles. The zero-order valence-corrected chi connectivity index (χ0v) is 20.2. The lowest BCUT2D eigenvalue weighted by atomic mass is 10.2. The molecule has 4 aromatic rings. The Morgan fingerprint density at radius 1 is 1.12 bits per heavy atom. The largest absolute Gasteiger partial charge is 0.482 e. The summed E-state index contributed by atoms with van der Waals surface area (Å²) >= 11 is 11.9. The van der Waals surface area contributed by atoms with Gasteiger partial charge >= 0.3 is 0 Å². The first kappa shape index (κ1) is 23.5. The monoisotopic (exact) mass is 497 g/mol. The molecule has 0 saturated carbocycles. The van der Waals surface area contributed by atoms with Crippen molar-refractivity contribution < 1.29 is 9.53 Å². The van der Waals surface area contributed by atoms with E-state index >= 15 is 0 Å². The van der Waals surface area contributed by atoms with E-state index in [9.17, 15) is 9.59 Å². The van der Waals surface area contributed by atoms with Crippen LogP contribution in [0.4, 0.5) is 0 Å². The van der Waals surface area contributed by atoms with Gasteiger partial charge in [-0.25, -0.2) is 10.4 Å². The van der Waals surface area contributed by atoms with Gasteiger partial charge in [0.25, 0.3) is 11.5 Å². The van der Waals surface area contributed by atoms with E-state index in [2.05, 4.69) is 15.5 Å². The van der Waals surface area contributed by atoms with Gasteiger partial charge in [0.2, 0.25) is 0 Å². The lowest BCUT2D eigenvalue weighted by Crippen LogP contribution is -2.31. The minimum absolute atomic E-state index is 0.167. The number of rotatable bonds is 6. The van der Waals surface area contributed by atoms with Gasteiger partial charge < -0.3 is 4.74 Å². The number of halogens is 2. The van der Waals surface area contributed by atoms with Crippen molar-refractivity contribution in [3.8, 4) is 5.75 Å². The minimum Gasteiger partial charge on any atom is -0.482 e. The van der Waals surface area contributed by atoms with Crippen LogP contribution in [-0.2, 0) is 4.79 Å². The summed E-state index contributed by atoms with van der Waals surface area (Å²) in [6, 6.07) is 13.8. The van der Waals surface area contributed by atoms with E-state index in [1.165, 1.54) is 17.0 Å². The Labute approximate surface area is 205 Å². The lowest BCUT2D eigenvalue weighted by Gasteiger charge is -2.16. The number of hydrogen-bond donors (Lipinski definition) is 1. The summed E-state index contributed by atoms with van der Waals surface area (Å²) in [6.45, 7) is 5.26. The molecule has 4 rings (SSSR count). The topological polar surface area (TPSA) is 90.5 Å². The van der Waals surface area contributed by atoms with Crippen LogP contribution in [0.25, 0.3) is 10.9 Å². The van der Waals surface area contributed by atoms with Crippen LogP contribution in [0.1, 0.15) is 22.8 Å². The molecule has 0 fully saturated rings. The van der Waals surface area contributed by atoms with E-state index in [0.717, 1.165) is 17.0 Å². The first-order valence-corrected chi connectivity index (χ1v) is 11.1. The van der Waals surface area contributed by atoms with Gasteiger partial charge in [-0.2, -0.15) is 9.78 Å². The van der Waals surface area contributed by atoms with Gasteiger partial charge in [-0.3, -0.25) is 14.3 Å². The van der Waals surface area contributed by atoms with Crippen molar-refractivity contribution in [2.45, 2.75) is 20.8 Å². The Balaban J connectivity index is 1.51. The van der Waals surface area contributed by atoms with E-state index in [0.29, 0.717) is 32.5 Å². The predicted molar refractivity (Wildman–Crippen MR) is 133 cm³/mol. The highest BCUT2D eigenvalue weighted by atomic mass is 35.5. The number of carbonyl (C=O) groups excluding carboxylic acids is 1. The van der Waals surface area contributed by atoms with Crippen molar-refractivity contribution in [1.29, 1.82) is 0 Å². The van der Waals surface area contributed by atoms with Crippen molar-refractivity contribution in [2.75, 3.05) is 6.61 Å². The fourth-order valence-corrected chi connectivity index (χ4v) is 4.09. The summed E-state index contributed by atoms with van der Waals surface area (Å²) < 4.78 is 8.71. The molecule has 0 bridgehead atoms. The fraction of sp³-hybridized carbons (Fsp3) is 0.167. The number of carbonyl (C=O) groups is 1. The van der Waals surface area contributed by atoms with Gasteiger partial charge in [0.15, 0.2) is 6.61 Å². The maximum atomic E-state index is 13.2. The van der Waals surface area contributed by atoms with E-state index in [-0.39, 0.29) is 12.2 Å². The maximum Gasteiger partial charge on any atom is 0.280 e. The van der Waals surface area contributed by atoms with E-state index in [1.807, 2.05) is 38.1 Å². The molecule has 0 spiro atoms. The molecule has 1 N–H and O–H groups in total. The molecule has 0 unspecified atom stereocenters. The number of fused-ring (bicyclic) bond motifs is 1. The summed E-state index contributed by atoms with van der Waals surface area (Å²) in [5.41, 5.74) is 5.22. The number of para-hydroxylation sites is 1. The number of ether oxygens (including phenoxy) is 1. The number of aromatic nitrogens is 3. The number of hydrazone groups is 1. The van der Waals surface area contributed by atoms with Crippen LogP contribution in [0, 0.1) is 20.8 Å². The van der Waals surface area contributed by atoms with Crippen molar-refractivity contribution in [3.05, 3.63) is 91.7 Å². The molecule has 0 radical (unpaired) electrons. The SMILES string of the molecule is Cc1cc(C=NNC(=O)COc2ccc(Cl)cc2Cl)c(C)n1-n1c(C)nc2ccccc2c1=O. The molecule has 0 atom stereocenters. The third-order valence-electron chi connectivity index (χ3n) is 5.20. The normalized spacial score (nSPS) is 11.3. The first-order valence-electron chi connectivity index (χ1n) is 10.3. The molecule has 0 aliphatic heterocycles. The molecular formula is C24H21Cl2N5O3. The van der Waals surface area contributed by atoms with Crippen LogP contribution in [0.5, 0.6) is 5.75 Å². The molecule has 2 aromatic heterocycles. The Hall–Kier alpha value is -3.62. The average molecular weight is 498 g/mol. The fourth-order valence-electron chi connectivity index (χ4n) is 3.63. The Morgan fingerprint density at radius 2 is 1.88 bits per heavy atom. The van der Waals surface area contributed by atoms with Crippen LogP contribution in [0.15, 0.2) is 58.4 Å². The number of nitrogens with zero attached hydrogens (tertiary/aromatic N) is 4. The van der Waals surface area contributed by atoms with Crippen LogP contribution in [-0.4, -0.2) is 33.1 Å². The summed E-state index contributed by atoms with van der Waals surface area (Å²) in [6.07, 6.45) is 1.51. The summed E-state index contributed by atoms with van der Waals surface area (Å²) in [4.78, 5) is 29.8. The van der Waals surface area contributed by atoms with Crippen LogP contribution in [0.3, 0.4) is 0 Å². The highest BCUT2D eigenvalue weighted by Crippen LogP contribution is 2.27. The third kappa shape index (κ3) is 4.69.